The Hall–Kier alpha value is -0.120. The summed E-state index contributed by atoms with van der Waals surface area (Å²) in [6.07, 6.45) is 4.60. The van der Waals surface area contributed by atoms with Crippen molar-refractivity contribution in [1.82, 2.24) is 10.2 Å². The third-order valence-corrected chi connectivity index (χ3v) is 4.15. The Balaban J connectivity index is 2.23. The maximum Gasteiger partial charge on any atom is 0.0613 e. The molecule has 0 aliphatic carbocycles. The molecule has 1 rings (SSSR count). The van der Waals surface area contributed by atoms with E-state index in [4.69, 9.17) is 0 Å². The number of hydrogen-bond acceptors (Lipinski definition) is 3. The highest BCUT2D eigenvalue weighted by Gasteiger charge is 2.25. The van der Waals surface area contributed by atoms with Gasteiger partial charge in [0, 0.05) is 12.1 Å². The largest absolute Gasteiger partial charge is 0.394 e. The van der Waals surface area contributed by atoms with Crippen molar-refractivity contribution in [2.45, 2.75) is 45.1 Å². The fraction of sp³-hybridized carbons (Fsp3) is 1.00. The second-order valence-electron chi connectivity index (χ2n) is 5.34. The van der Waals surface area contributed by atoms with Gasteiger partial charge >= 0.3 is 0 Å². The molecule has 2 N–H and O–H groups in total. The molecule has 0 aromatic rings. The minimum atomic E-state index is -0.0503. The average Bonchev–Trinajstić information content (AvgIpc) is 2.71. The first-order valence-corrected chi connectivity index (χ1v) is 6.68. The topological polar surface area (TPSA) is 35.5 Å². The molecule has 3 nitrogen and oxygen atoms in total. The van der Waals surface area contributed by atoms with Gasteiger partial charge in [0.15, 0.2) is 0 Å². The van der Waals surface area contributed by atoms with Crippen molar-refractivity contribution in [1.29, 1.82) is 0 Å². The molecule has 0 spiro atoms. The second kappa shape index (κ2) is 6.58. The van der Waals surface area contributed by atoms with Crippen LogP contribution in [0.2, 0.25) is 0 Å². The first kappa shape index (κ1) is 13.9. The molecule has 0 radical (unpaired) electrons. The summed E-state index contributed by atoms with van der Waals surface area (Å²) in [5.41, 5.74) is -0.0503. The predicted octanol–water partition coefficient (Wildman–Crippen LogP) is 1.47. The molecule has 16 heavy (non-hydrogen) atoms. The van der Waals surface area contributed by atoms with E-state index < -0.39 is 0 Å². The van der Waals surface area contributed by atoms with E-state index in [1.807, 2.05) is 7.05 Å². The van der Waals surface area contributed by atoms with Crippen LogP contribution in [0, 0.1) is 5.92 Å². The third-order valence-electron chi connectivity index (χ3n) is 4.15. The number of aliphatic hydroxyl groups excluding tert-OH is 1. The van der Waals surface area contributed by atoms with Gasteiger partial charge in [0.2, 0.25) is 0 Å². The summed E-state index contributed by atoms with van der Waals surface area (Å²) < 4.78 is 0. The lowest BCUT2D eigenvalue weighted by molar-refractivity contribution is 0.147. The van der Waals surface area contributed by atoms with Gasteiger partial charge in [-0.25, -0.2) is 0 Å². The van der Waals surface area contributed by atoms with Gasteiger partial charge in [0.05, 0.1) is 6.61 Å². The monoisotopic (exact) mass is 228 g/mol. The summed E-state index contributed by atoms with van der Waals surface area (Å²) >= 11 is 0. The van der Waals surface area contributed by atoms with Gasteiger partial charge in [0.1, 0.15) is 0 Å². The van der Waals surface area contributed by atoms with Crippen LogP contribution in [0.5, 0.6) is 0 Å². The van der Waals surface area contributed by atoms with Gasteiger partial charge in [-0.3, -0.25) is 0 Å². The summed E-state index contributed by atoms with van der Waals surface area (Å²) in [7, 11) is 1.96. The predicted molar refractivity (Wildman–Crippen MR) is 68.6 cm³/mol. The zero-order valence-electron chi connectivity index (χ0n) is 11.1. The number of nitrogens with one attached hydrogen (secondary N) is 1. The molecule has 1 aliphatic rings. The van der Waals surface area contributed by atoms with E-state index in [-0.39, 0.29) is 12.1 Å². The Morgan fingerprint density at radius 3 is 2.69 bits per heavy atom. The van der Waals surface area contributed by atoms with Crippen LogP contribution in [0.1, 0.15) is 39.5 Å². The number of aliphatic hydroxyl groups is 1. The quantitative estimate of drug-likeness (QED) is 0.692. The lowest BCUT2D eigenvalue weighted by Gasteiger charge is -2.31. The van der Waals surface area contributed by atoms with Crippen molar-refractivity contribution in [2.75, 3.05) is 33.3 Å². The molecule has 1 fully saturated rings. The molecule has 0 aromatic heterocycles. The molecule has 1 aliphatic heterocycles. The highest BCUT2D eigenvalue weighted by atomic mass is 16.3. The van der Waals surface area contributed by atoms with Gasteiger partial charge in [-0.05, 0) is 51.7 Å². The van der Waals surface area contributed by atoms with Crippen molar-refractivity contribution in [3.63, 3.8) is 0 Å². The fourth-order valence-corrected chi connectivity index (χ4v) is 2.62. The first-order chi connectivity index (χ1) is 7.65. The Morgan fingerprint density at radius 1 is 1.50 bits per heavy atom. The number of hydrogen-bond donors (Lipinski definition) is 2. The summed E-state index contributed by atoms with van der Waals surface area (Å²) in [5.74, 6) is 0.873. The SMILES string of the molecule is CCC(CO)(CCCN1CCC(C)C1)NC. The summed E-state index contributed by atoms with van der Waals surface area (Å²) in [6, 6.07) is 0. The van der Waals surface area contributed by atoms with Crippen LogP contribution >= 0.6 is 0 Å². The highest BCUT2D eigenvalue weighted by Crippen LogP contribution is 2.19. The van der Waals surface area contributed by atoms with Crippen molar-refractivity contribution in [2.24, 2.45) is 5.92 Å². The third kappa shape index (κ3) is 3.72. The standard InChI is InChI=1S/C13H28N2O/c1-4-13(11-16,14-3)7-5-8-15-9-6-12(2)10-15/h12,14,16H,4-11H2,1-3H3. The molecule has 3 heteroatoms. The zero-order chi connectivity index (χ0) is 12.0. The molecule has 1 saturated heterocycles. The maximum atomic E-state index is 9.43. The van der Waals surface area contributed by atoms with Crippen molar-refractivity contribution < 1.29 is 5.11 Å². The summed E-state index contributed by atoms with van der Waals surface area (Å²) in [5, 5.41) is 12.7. The van der Waals surface area contributed by atoms with Gasteiger partial charge in [-0.2, -0.15) is 0 Å². The molecular formula is C13H28N2O. The minimum absolute atomic E-state index is 0.0503. The van der Waals surface area contributed by atoms with Gasteiger partial charge < -0.3 is 15.3 Å². The normalized spacial score (nSPS) is 25.9. The van der Waals surface area contributed by atoms with Crippen molar-refractivity contribution in [3.8, 4) is 0 Å². The van der Waals surface area contributed by atoms with Crippen LogP contribution in [0.25, 0.3) is 0 Å². The average molecular weight is 228 g/mol. The van der Waals surface area contributed by atoms with E-state index in [0.717, 1.165) is 18.8 Å². The lowest BCUT2D eigenvalue weighted by atomic mass is 9.91. The van der Waals surface area contributed by atoms with Gasteiger partial charge in [-0.1, -0.05) is 13.8 Å². The van der Waals surface area contributed by atoms with Crippen molar-refractivity contribution in [3.05, 3.63) is 0 Å². The lowest BCUT2D eigenvalue weighted by Crippen LogP contribution is -2.46. The van der Waals surface area contributed by atoms with Crippen LogP contribution in [-0.2, 0) is 0 Å². The number of likely N-dealkylation sites (tertiary alicyclic amines) is 1. The van der Waals surface area contributed by atoms with Crippen LogP contribution in [0.15, 0.2) is 0 Å². The van der Waals surface area contributed by atoms with E-state index >= 15 is 0 Å². The molecule has 0 aromatic carbocycles. The molecule has 0 saturated carbocycles. The summed E-state index contributed by atoms with van der Waals surface area (Å²) in [6.45, 7) is 8.43. The Labute approximate surface area is 100 Å². The Bertz CT molecular complexity index is 184. The van der Waals surface area contributed by atoms with Crippen molar-refractivity contribution >= 4 is 0 Å². The molecule has 0 bridgehead atoms. The van der Waals surface area contributed by atoms with Crippen LogP contribution in [-0.4, -0.2) is 48.8 Å². The molecule has 0 amide bonds. The molecule has 96 valence electrons. The number of rotatable bonds is 7. The molecule has 2 atom stereocenters. The molecule has 1 heterocycles. The van der Waals surface area contributed by atoms with Crippen LogP contribution in [0.3, 0.4) is 0 Å². The van der Waals surface area contributed by atoms with E-state index in [2.05, 4.69) is 24.1 Å². The highest BCUT2D eigenvalue weighted by molar-refractivity contribution is 4.85. The van der Waals surface area contributed by atoms with E-state index in [1.54, 1.807) is 0 Å². The fourth-order valence-electron chi connectivity index (χ4n) is 2.62. The van der Waals surface area contributed by atoms with Crippen LogP contribution < -0.4 is 5.32 Å². The van der Waals surface area contributed by atoms with Crippen LogP contribution in [0.4, 0.5) is 0 Å². The Morgan fingerprint density at radius 2 is 2.25 bits per heavy atom. The maximum absolute atomic E-state index is 9.43. The van der Waals surface area contributed by atoms with Gasteiger partial charge in [-0.15, -0.1) is 0 Å². The zero-order valence-corrected chi connectivity index (χ0v) is 11.1. The van der Waals surface area contributed by atoms with E-state index in [9.17, 15) is 5.11 Å². The smallest absolute Gasteiger partial charge is 0.0613 e. The second-order valence-corrected chi connectivity index (χ2v) is 5.34. The first-order valence-electron chi connectivity index (χ1n) is 6.68. The molecule has 2 unspecified atom stereocenters. The van der Waals surface area contributed by atoms with E-state index in [1.165, 1.54) is 32.5 Å². The summed E-state index contributed by atoms with van der Waals surface area (Å²) in [4.78, 5) is 2.55. The van der Waals surface area contributed by atoms with E-state index in [0.29, 0.717) is 0 Å². The minimum Gasteiger partial charge on any atom is -0.394 e. The number of likely N-dealkylation sites (N-methyl/N-ethyl adjacent to an activating group) is 1. The Kier molecular flexibility index (Phi) is 5.73. The van der Waals surface area contributed by atoms with Gasteiger partial charge in [0.25, 0.3) is 0 Å². The number of nitrogens with zero attached hydrogens (tertiary/aromatic N) is 1. The molecular weight excluding hydrogens is 200 g/mol.